The number of ether oxygens (including phenoxy) is 1. The van der Waals surface area contributed by atoms with E-state index in [1.54, 1.807) is 4.90 Å². The number of amides is 1. The minimum absolute atomic E-state index is 0.0435. The lowest BCUT2D eigenvalue weighted by molar-refractivity contribution is -0.158. The fourth-order valence-corrected chi connectivity index (χ4v) is 3.12. The van der Waals surface area contributed by atoms with Crippen LogP contribution in [0.15, 0.2) is 45.7 Å². The molecule has 3 rings (SSSR count). The van der Waals surface area contributed by atoms with Crippen LogP contribution in [0.4, 0.5) is 0 Å². The summed E-state index contributed by atoms with van der Waals surface area (Å²) in [5.74, 6) is 0.419. The highest BCUT2D eigenvalue weighted by Crippen LogP contribution is 2.23. The second-order valence-corrected chi connectivity index (χ2v) is 6.35. The van der Waals surface area contributed by atoms with E-state index in [1.165, 1.54) is 6.07 Å². The van der Waals surface area contributed by atoms with Crippen LogP contribution in [0, 0.1) is 0 Å². The summed E-state index contributed by atoms with van der Waals surface area (Å²) in [5, 5.41) is 12.1. The number of morpholine rings is 1. The van der Waals surface area contributed by atoms with Gasteiger partial charge in [-0.3, -0.25) is 9.59 Å². The minimum Gasteiger partial charge on any atom is -0.393 e. The van der Waals surface area contributed by atoms with Crippen molar-refractivity contribution in [3.05, 3.63) is 58.1 Å². The lowest BCUT2D eigenvalue weighted by Gasteiger charge is -2.42. The van der Waals surface area contributed by atoms with E-state index in [1.807, 2.05) is 30.3 Å². The van der Waals surface area contributed by atoms with E-state index in [2.05, 4.69) is 5.16 Å². The van der Waals surface area contributed by atoms with Crippen molar-refractivity contribution >= 4 is 5.91 Å². The number of nitrogens with zero attached hydrogens (tertiary/aromatic N) is 1. The topological polar surface area (TPSA) is 95.8 Å². The molecule has 7 nitrogen and oxygen atoms in total. The highest BCUT2D eigenvalue weighted by molar-refractivity contribution is 5.76. The SMILES string of the molecule is O=C(CCc1cc(=O)[nH]o1)N1CCOC(CO)(Cc2ccccc2)C1. The van der Waals surface area contributed by atoms with Gasteiger partial charge in [0.1, 0.15) is 11.4 Å². The molecule has 1 aliphatic rings. The van der Waals surface area contributed by atoms with Gasteiger partial charge in [-0.05, 0) is 5.56 Å². The van der Waals surface area contributed by atoms with Crippen LogP contribution in [-0.2, 0) is 22.4 Å². The second kappa shape index (κ2) is 7.67. The lowest BCUT2D eigenvalue weighted by Crippen LogP contribution is -2.56. The van der Waals surface area contributed by atoms with Crippen molar-refractivity contribution in [2.45, 2.75) is 24.9 Å². The predicted molar refractivity (Wildman–Crippen MR) is 90.1 cm³/mol. The van der Waals surface area contributed by atoms with E-state index < -0.39 is 5.60 Å². The number of nitrogens with one attached hydrogen (secondary N) is 1. The maximum atomic E-state index is 12.5. The van der Waals surface area contributed by atoms with Gasteiger partial charge >= 0.3 is 0 Å². The van der Waals surface area contributed by atoms with Gasteiger partial charge in [-0.1, -0.05) is 30.3 Å². The zero-order valence-corrected chi connectivity index (χ0v) is 13.9. The van der Waals surface area contributed by atoms with Crippen LogP contribution in [0.5, 0.6) is 0 Å². The third kappa shape index (κ3) is 4.37. The predicted octanol–water partition coefficient (Wildman–Crippen LogP) is 0.733. The molecule has 0 bridgehead atoms. The fraction of sp³-hybridized carbons (Fsp3) is 0.444. The summed E-state index contributed by atoms with van der Waals surface area (Å²) in [6, 6.07) is 11.1. The van der Waals surface area contributed by atoms with Crippen LogP contribution in [0.1, 0.15) is 17.7 Å². The second-order valence-electron chi connectivity index (χ2n) is 6.35. The molecule has 1 aliphatic heterocycles. The Morgan fingerprint density at radius 2 is 2.12 bits per heavy atom. The summed E-state index contributed by atoms with van der Waals surface area (Å²) >= 11 is 0. The van der Waals surface area contributed by atoms with Gasteiger partial charge in [0.15, 0.2) is 0 Å². The molecule has 2 aromatic rings. The molecule has 0 saturated carbocycles. The Balaban J connectivity index is 1.62. The average Bonchev–Trinajstić information content (AvgIpc) is 3.06. The van der Waals surface area contributed by atoms with Crippen LogP contribution in [-0.4, -0.2) is 53.0 Å². The molecule has 0 aliphatic carbocycles. The number of hydrogen-bond donors (Lipinski definition) is 2. The number of H-pyrrole nitrogens is 1. The van der Waals surface area contributed by atoms with Crippen molar-refractivity contribution in [1.82, 2.24) is 10.1 Å². The number of rotatable bonds is 6. The summed E-state index contributed by atoms with van der Waals surface area (Å²) in [6.07, 6.45) is 1.15. The molecule has 1 unspecified atom stereocenters. The Bertz CT molecular complexity index is 754. The number of hydrogen-bond acceptors (Lipinski definition) is 5. The van der Waals surface area contributed by atoms with Crippen molar-refractivity contribution in [2.24, 2.45) is 0 Å². The van der Waals surface area contributed by atoms with Crippen molar-refractivity contribution in [2.75, 3.05) is 26.3 Å². The van der Waals surface area contributed by atoms with Crippen LogP contribution < -0.4 is 5.56 Å². The van der Waals surface area contributed by atoms with Gasteiger partial charge in [0.05, 0.1) is 19.8 Å². The molecular formula is C18H22N2O5. The van der Waals surface area contributed by atoms with E-state index in [9.17, 15) is 14.7 Å². The van der Waals surface area contributed by atoms with E-state index in [0.29, 0.717) is 38.3 Å². The first kappa shape index (κ1) is 17.4. The maximum Gasteiger partial charge on any atom is 0.280 e. The Labute approximate surface area is 145 Å². The number of aromatic amines is 1. The molecule has 1 amide bonds. The van der Waals surface area contributed by atoms with Crippen molar-refractivity contribution < 1.29 is 19.2 Å². The normalized spacial score (nSPS) is 20.6. The van der Waals surface area contributed by atoms with Gasteiger partial charge in [0.25, 0.3) is 5.56 Å². The molecule has 0 spiro atoms. The monoisotopic (exact) mass is 346 g/mol. The van der Waals surface area contributed by atoms with Crippen LogP contribution in [0.25, 0.3) is 0 Å². The molecule has 1 aromatic carbocycles. The zero-order chi connectivity index (χ0) is 17.7. The third-order valence-corrected chi connectivity index (χ3v) is 4.42. The fourth-order valence-electron chi connectivity index (χ4n) is 3.12. The minimum atomic E-state index is -0.782. The summed E-state index contributed by atoms with van der Waals surface area (Å²) in [5.41, 5.74) is -0.0356. The first-order valence-electron chi connectivity index (χ1n) is 8.34. The van der Waals surface area contributed by atoms with Crippen molar-refractivity contribution in [1.29, 1.82) is 0 Å². The number of carbonyl (C=O) groups excluding carboxylic acids is 1. The van der Waals surface area contributed by atoms with Crippen LogP contribution >= 0.6 is 0 Å². The first-order chi connectivity index (χ1) is 12.1. The molecule has 7 heteroatoms. The molecule has 1 fully saturated rings. The van der Waals surface area contributed by atoms with E-state index in [-0.39, 0.29) is 24.5 Å². The smallest absolute Gasteiger partial charge is 0.280 e. The summed E-state index contributed by atoms with van der Waals surface area (Å²) < 4.78 is 10.8. The molecular weight excluding hydrogens is 324 g/mol. The van der Waals surface area contributed by atoms with Crippen LogP contribution in [0.2, 0.25) is 0 Å². The quantitative estimate of drug-likeness (QED) is 0.804. The van der Waals surface area contributed by atoms with Gasteiger partial charge in [-0.2, -0.15) is 5.16 Å². The number of aromatic nitrogens is 1. The number of carbonyl (C=O) groups is 1. The van der Waals surface area contributed by atoms with Gasteiger partial charge in [-0.15, -0.1) is 0 Å². The van der Waals surface area contributed by atoms with Gasteiger partial charge in [-0.25, -0.2) is 0 Å². The number of aryl methyl sites for hydroxylation is 1. The maximum absolute atomic E-state index is 12.5. The average molecular weight is 346 g/mol. The van der Waals surface area contributed by atoms with Crippen molar-refractivity contribution in [3.63, 3.8) is 0 Å². The standard InChI is InChI=1S/C18H22N2O5/c21-13-18(11-14-4-2-1-3-5-14)12-20(8-9-24-18)17(23)7-6-15-10-16(22)19-25-15/h1-5,10,21H,6-9,11-13H2,(H,19,22). The lowest BCUT2D eigenvalue weighted by atomic mass is 9.93. The number of benzene rings is 1. The Hall–Kier alpha value is -2.38. The van der Waals surface area contributed by atoms with Gasteiger partial charge < -0.3 is 19.3 Å². The molecule has 0 radical (unpaired) electrons. The molecule has 1 aromatic heterocycles. The molecule has 25 heavy (non-hydrogen) atoms. The van der Waals surface area contributed by atoms with E-state index >= 15 is 0 Å². The number of aliphatic hydroxyl groups excluding tert-OH is 1. The molecule has 134 valence electrons. The molecule has 1 saturated heterocycles. The van der Waals surface area contributed by atoms with Gasteiger partial charge in [0.2, 0.25) is 5.91 Å². The Kier molecular flexibility index (Phi) is 5.35. The van der Waals surface area contributed by atoms with Gasteiger partial charge in [0, 0.05) is 31.9 Å². The first-order valence-corrected chi connectivity index (χ1v) is 8.34. The molecule has 2 N–H and O–H groups in total. The highest BCUT2D eigenvalue weighted by atomic mass is 16.5. The number of aliphatic hydroxyl groups is 1. The Morgan fingerprint density at radius 3 is 2.80 bits per heavy atom. The largest absolute Gasteiger partial charge is 0.393 e. The van der Waals surface area contributed by atoms with E-state index in [0.717, 1.165) is 5.56 Å². The Morgan fingerprint density at radius 1 is 1.32 bits per heavy atom. The molecule has 2 heterocycles. The van der Waals surface area contributed by atoms with Crippen LogP contribution in [0.3, 0.4) is 0 Å². The summed E-state index contributed by atoms with van der Waals surface area (Å²) in [7, 11) is 0. The summed E-state index contributed by atoms with van der Waals surface area (Å²) in [4.78, 5) is 25.3. The zero-order valence-electron chi connectivity index (χ0n) is 13.9. The highest BCUT2D eigenvalue weighted by Gasteiger charge is 2.38. The van der Waals surface area contributed by atoms with Crippen molar-refractivity contribution in [3.8, 4) is 0 Å². The van der Waals surface area contributed by atoms with E-state index in [4.69, 9.17) is 9.26 Å². The third-order valence-electron chi connectivity index (χ3n) is 4.42. The molecule has 1 atom stereocenters. The summed E-state index contributed by atoms with van der Waals surface area (Å²) in [6.45, 7) is 1.07.